The summed E-state index contributed by atoms with van der Waals surface area (Å²) in [7, 11) is 0. The number of pyridine rings is 1. The van der Waals surface area contributed by atoms with Crippen LogP contribution < -0.4 is 3.58 Å². The number of unbranched alkanes of at least 4 members (excludes halogenated alkanes) is 3. The molecule has 0 aliphatic rings. The molecular weight excluding hydrogens is 413 g/mol. The summed E-state index contributed by atoms with van der Waals surface area (Å²) in [5, 5.41) is 8.80. The van der Waals surface area contributed by atoms with Gasteiger partial charge in [0.1, 0.15) is 0 Å². The second kappa shape index (κ2) is 10.9. The number of hydrogen-bond donors (Lipinski definition) is 0. The second-order valence-electron chi connectivity index (χ2n) is 7.14. The molecule has 0 aliphatic heterocycles. The van der Waals surface area contributed by atoms with Gasteiger partial charge in [-0.05, 0) is 0 Å². The van der Waals surface area contributed by atoms with E-state index in [1.54, 1.807) is 3.58 Å². The van der Waals surface area contributed by atoms with Crippen LogP contribution in [0.4, 0.5) is 0 Å². The Morgan fingerprint density at radius 2 is 1.48 bits per heavy atom. The van der Waals surface area contributed by atoms with E-state index in [2.05, 4.69) is 48.2 Å². The Morgan fingerprint density at radius 1 is 0.840 bits per heavy atom. The zero-order valence-corrected chi connectivity index (χ0v) is 19.0. The molecule has 0 fully saturated rings. The molecule has 0 saturated heterocycles. The Labute approximate surface area is 157 Å². The van der Waals surface area contributed by atoms with Gasteiger partial charge >= 0.3 is 158 Å². The summed E-state index contributed by atoms with van der Waals surface area (Å²) >= 11 is -2.43. The van der Waals surface area contributed by atoms with Crippen LogP contribution in [0.3, 0.4) is 0 Å². The first kappa shape index (κ1) is 20.3. The zero-order valence-electron chi connectivity index (χ0n) is 16.2. The van der Waals surface area contributed by atoms with Crippen molar-refractivity contribution in [1.82, 2.24) is 15.2 Å². The predicted octanol–water partition coefficient (Wildman–Crippen LogP) is 5.59. The van der Waals surface area contributed by atoms with Crippen LogP contribution in [0.1, 0.15) is 59.3 Å². The van der Waals surface area contributed by atoms with Gasteiger partial charge in [-0.25, -0.2) is 0 Å². The quantitative estimate of drug-likeness (QED) is 0.423. The van der Waals surface area contributed by atoms with Crippen molar-refractivity contribution in [2.75, 3.05) is 0 Å². The Hall–Kier alpha value is -0.971. The second-order valence-corrected chi connectivity index (χ2v) is 20.4. The van der Waals surface area contributed by atoms with Crippen molar-refractivity contribution < 1.29 is 0 Å². The minimum atomic E-state index is -2.43. The first-order valence-corrected chi connectivity index (χ1v) is 17.5. The van der Waals surface area contributed by atoms with E-state index in [9.17, 15) is 0 Å². The maximum absolute atomic E-state index is 4.48. The molecule has 0 unspecified atom stereocenters. The molecule has 2 aromatic heterocycles. The Bertz CT molecular complexity index is 594. The summed E-state index contributed by atoms with van der Waals surface area (Å²) < 4.78 is 5.94. The fraction of sp³-hybridized carbons (Fsp3) is 0.571. The molecule has 4 heteroatoms. The van der Waals surface area contributed by atoms with Gasteiger partial charge in [0.2, 0.25) is 0 Å². The van der Waals surface area contributed by atoms with Gasteiger partial charge in [0.15, 0.2) is 0 Å². The molecule has 0 amide bonds. The van der Waals surface area contributed by atoms with Gasteiger partial charge in [0, 0.05) is 0 Å². The third-order valence-corrected chi connectivity index (χ3v) is 20.7. The summed E-state index contributed by atoms with van der Waals surface area (Å²) in [6, 6.07) is 8.36. The van der Waals surface area contributed by atoms with E-state index in [4.69, 9.17) is 0 Å². The number of hydrogen-bond acceptors (Lipinski definition) is 3. The van der Waals surface area contributed by atoms with Crippen molar-refractivity contribution in [2.24, 2.45) is 0 Å². The molecule has 136 valence electrons. The SMILES string of the molecule is CCC[CH2][Sn]([CH2]CCC)([CH2]CCC)[c]1cnnc(-c2ccccn2)c1. The molecule has 0 N–H and O–H groups in total. The zero-order chi connectivity index (χ0) is 18.0. The molecule has 3 nitrogen and oxygen atoms in total. The van der Waals surface area contributed by atoms with E-state index in [1.807, 2.05) is 24.4 Å². The van der Waals surface area contributed by atoms with E-state index < -0.39 is 18.4 Å². The van der Waals surface area contributed by atoms with Gasteiger partial charge in [-0.1, -0.05) is 0 Å². The summed E-state index contributed by atoms with van der Waals surface area (Å²) in [5.41, 5.74) is 1.89. The maximum atomic E-state index is 4.48. The third-order valence-electron chi connectivity index (χ3n) is 5.22. The van der Waals surface area contributed by atoms with E-state index >= 15 is 0 Å². The molecule has 2 aromatic rings. The van der Waals surface area contributed by atoms with Crippen molar-refractivity contribution >= 4 is 22.0 Å². The Morgan fingerprint density at radius 3 is 2.00 bits per heavy atom. The number of nitrogens with zero attached hydrogens (tertiary/aromatic N) is 3. The molecule has 0 spiro atoms. The average Bonchev–Trinajstić information content (AvgIpc) is 2.68. The van der Waals surface area contributed by atoms with E-state index in [0.717, 1.165) is 11.4 Å². The van der Waals surface area contributed by atoms with Crippen molar-refractivity contribution in [3.05, 3.63) is 36.7 Å². The minimum absolute atomic E-state index is 0.943. The molecule has 2 heterocycles. The van der Waals surface area contributed by atoms with Crippen LogP contribution in [0.2, 0.25) is 13.3 Å². The molecular formula is C21H33N3Sn. The van der Waals surface area contributed by atoms with Crippen LogP contribution in [0.15, 0.2) is 36.7 Å². The molecule has 0 saturated carbocycles. The monoisotopic (exact) mass is 447 g/mol. The topological polar surface area (TPSA) is 38.7 Å². The van der Waals surface area contributed by atoms with Crippen LogP contribution in [0.5, 0.6) is 0 Å². The van der Waals surface area contributed by atoms with Crippen LogP contribution in [0.25, 0.3) is 11.4 Å². The van der Waals surface area contributed by atoms with Gasteiger partial charge in [-0.15, -0.1) is 0 Å². The van der Waals surface area contributed by atoms with Crippen molar-refractivity contribution in [1.29, 1.82) is 0 Å². The van der Waals surface area contributed by atoms with Gasteiger partial charge in [-0.3, -0.25) is 0 Å². The summed E-state index contributed by atoms with van der Waals surface area (Å²) in [5.74, 6) is 0. The van der Waals surface area contributed by atoms with Crippen molar-refractivity contribution in [3.63, 3.8) is 0 Å². The third kappa shape index (κ3) is 5.77. The Kier molecular flexibility index (Phi) is 8.86. The molecule has 0 aliphatic carbocycles. The number of aromatic nitrogens is 3. The molecule has 2 rings (SSSR count). The molecule has 0 aromatic carbocycles. The first-order chi connectivity index (χ1) is 12.3. The fourth-order valence-electron chi connectivity index (χ4n) is 3.65. The van der Waals surface area contributed by atoms with Gasteiger partial charge in [0.05, 0.1) is 0 Å². The van der Waals surface area contributed by atoms with Crippen LogP contribution in [-0.2, 0) is 0 Å². The summed E-state index contributed by atoms with van der Waals surface area (Å²) in [4.78, 5) is 4.48. The van der Waals surface area contributed by atoms with Crippen LogP contribution in [0, 0.1) is 0 Å². The van der Waals surface area contributed by atoms with Crippen molar-refractivity contribution in [2.45, 2.75) is 72.6 Å². The molecule has 25 heavy (non-hydrogen) atoms. The van der Waals surface area contributed by atoms with Gasteiger partial charge in [0.25, 0.3) is 0 Å². The number of rotatable bonds is 11. The molecule has 0 atom stereocenters. The van der Waals surface area contributed by atoms with E-state index in [1.165, 1.54) is 51.8 Å². The molecule has 0 radical (unpaired) electrons. The van der Waals surface area contributed by atoms with E-state index in [-0.39, 0.29) is 0 Å². The normalized spacial score (nSPS) is 11.6. The predicted molar refractivity (Wildman–Crippen MR) is 110 cm³/mol. The summed E-state index contributed by atoms with van der Waals surface area (Å²) in [6.07, 6.45) is 11.9. The van der Waals surface area contributed by atoms with Crippen molar-refractivity contribution in [3.8, 4) is 11.4 Å². The average molecular weight is 446 g/mol. The summed E-state index contributed by atoms with van der Waals surface area (Å²) in [6.45, 7) is 6.96. The van der Waals surface area contributed by atoms with Gasteiger partial charge in [-0.2, -0.15) is 0 Å². The first-order valence-electron chi connectivity index (χ1n) is 10.0. The Balaban J connectivity index is 2.40. The van der Waals surface area contributed by atoms with E-state index in [0.29, 0.717) is 0 Å². The fourth-order valence-corrected chi connectivity index (χ4v) is 19.3. The molecule has 0 bridgehead atoms. The van der Waals surface area contributed by atoms with Crippen LogP contribution in [-0.4, -0.2) is 33.6 Å². The van der Waals surface area contributed by atoms with Crippen LogP contribution >= 0.6 is 0 Å². The standard InChI is InChI=1S/C9H6N3.3C4H9.Sn/c1-2-6-10-8(4-1)9-5-3-7-11-12-9;3*1-3-4-2;/h1-2,4-7H;3*1,3-4H2,2H3;. The van der Waals surface area contributed by atoms with Gasteiger partial charge < -0.3 is 0 Å².